The standard InChI is InChI=1S/C31H40N4O6S/c1-31(2,3)27(35-29(38)40-4)28(37)34-25(16-22-13-9-6-10-14-22)26(36)17-23(15-21-11-7-5-8-12-21)33-30(39)41-19-24-18-32-20-42-24/h5-14,18,20,23,25-27,36H,15-17,19H2,1-4H3,(H,33,39)(H,34,37)(H,35,38)/t23-,25-,26-,27+/m0/s1. The van der Waals surface area contributed by atoms with Gasteiger partial charge in [-0.05, 0) is 35.8 Å². The van der Waals surface area contributed by atoms with Gasteiger partial charge in [0.15, 0.2) is 0 Å². The van der Waals surface area contributed by atoms with E-state index in [2.05, 4.69) is 20.9 Å². The van der Waals surface area contributed by atoms with E-state index < -0.39 is 47.7 Å². The third-order valence-corrected chi connectivity index (χ3v) is 7.42. The fourth-order valence-electron chi connectivity index (χ4n) is 4.48. The molecule has 4 atom stereocenters. The van der Waals surface area contributed by atoms with Crippen LogP contribution in [0.2, 0.25) is 0 Å². The molecule has 42 heavy (non-hydrogen) atoms. The van der Waals surface area contributed by atoms with Gasteiger partial charge in [0.2, 0.25) is 5.91 Å². The van der Waals surface area contributed by atoms with Crippen LogP contribution < -0.4 is 16.0 Å². The molecular formula is C31H40N4O6S. The number of benzene rings is 2. The summed E-state index contributed by atoms with van der Waals surface area (Å²) in [5.74, 6) is -0.454. The number of carbonyl (C=O) groups excluding carboxylic acids is 3. The summed E-state index contributed by atoms with van der Waals surface area (Å²) in [5.41, 5.74) is 2.90. The zero-order chi connectivity index (χ0) is 30.5. The van der Waals surface area contributed by atoms with E-state index in [4.69, 9.17) is 9.47 Å². The fourth-order valence-corrected chi connectivity index (χ4v) is 4.98. The zero-order valence-corrected chi connectivity index (χ0v) is 25.2. The predicted molar refractivity (Wildman–Crippen MR) is 161 cm³/mol. The van der Waals surface area contributed by atoms with Crippen molar-refractivity contribution in [2.75, 3.05) is 7.11 Å². The maximum absolute atomic E-state index is 13.5. The smallest absolute Gasteiger partial charge is 0.407 e. The quantitative estimate of drug-likeness (QED) is 0.232. The Morgan fingerprint density at radius 1 is 0.905 bits per heavy atom. The van der Waals surface area contributed by atoms with Crippen molar-refractivity contribution in [2.45, 2.75) is 70.9 Å². The highest BCUT2D eigenvalue weighted by molar-refractivity contribution is 7.09. The Labute approximate surface area is 250 Å². The largest absolute Gasteiger partial charge is 0.453 e. The Hall–Kier alpha value is -3.96. The summed E-state index contributed by atoms with van der Waals surface area (Å²) in [6, 6.07) is 16.9. The van der Waals surface area contributed by atoms with Gasteiger partial charge in [0, 0.05) is 12.2 Å². The van der Waals surface area contributed by atoms with Gasteiger partial charge in [0.1, 0.15) is 12.6 Å². The molecular weight excluding hydrogens is 556 g/mol. The fraction of sp³-hybridized carbons (Fsp3) is 0.419. The SMILES string of the molecule is COC(=O)N[C@H](C(=O)N[C@@H](Cc1ccccc1)[C@@H](O)C[C@H](Cc1ccccc1)NC(=O)OCc1cncs1)C(C)(C)C. The predicted octanol–water partition coefficient (Wildman–Crippen LogP) is 4.23. The van der Waals surface area contributed by atoms with E-state index >= 15 is 0 Å². The molecule has 0 fully saturated rings. The lowest BCUT2D eigenvalue weighted by atomic mass is 9.85. The van der Waals surface area contributed by atoms with Crippen LogP contribution in [-0.2, 0) is 33.7 Å². The number of methoxy groups -OCH3 is 1. The number of aliphatic hydroxyl groups excluding tert-OH is 1. The van der Waals surface area contributed by atoms with Crippen molar-refractivity contribution in [2.24, 2.45) is 5.41 Å². The summed E-state index contributed by atoms with van der Waals surface area (Å²) in [4.78, 5) is 43.1. The molecule has 2 aromatic carbocycles. The first-order chi connectivity index (χ1) is 20.0. The Morgan fingerprint density at radius 3 is 2.07 bits per heavy atom. The number of hydrogen-bond donors (Lipinski definition) is 4. The Bertz CT molecular complexity index is 1250. The molecule has 0 unspecified atom stereocenters. The first-order valence-electron chi connectivity index (χ1n) is 13.8. The van der Waals surface area contributed by atoms with Gasteiger partial charge in [0.05, 0.1) is 29.6 Å². The van der Waals surface area contributed by atoms with E-state index in [1.54, 1.807) is 11.7 Å². The molecule has 0 saturated heterocycles. The van der Waals surface area contributed by atoms with Gasteiger partial charge in [-0.15, -0.1) is 11.3 Å². The number of nitrogens with zero attached hydrogens (tertiary/aromatic N) is 1. The molecule has 3 amide bonds. The third kappa shape index (κ3) is 10.8. The summed E-state index contributed by atoms with van der Waals surface area (Å²) in [5, 5.41) is 20.0. The Kier molecular flexibility index (Phi) is 12.3. The summed E-state index contributed by atoms with van der Waals surface area (Å²) in [7, 11) is 1.23. The van der Waals surface area contributed by atoms with Crippen LogP contribution >= 0.6 is 11.3 Å². The van der Waals surface area contributed by atoms with Crippen molar-refractivity contribution in [1.82, 2.24) is 20.9 Å². The highest BCUT2D eigenvalue weighted by atomic mass is 32.1. The molecule has 4 N–H and O–H groups in total. The van der Waals surface area contributed by atoms with Gasteiger partial charge in [-0.25, -0.2) is 9.59 Å². The molecule has 0 aliphatic rings. The van der Waals surface area contributed by atoms with Crippen LogP contribution in [0.5, 0.6) is 0 Å². The van der Waals surface area contributed by atoms with Gasteiger partial charge in [-0.1, -0.05) is 81.4 Å². The molecule has 1 heterocycles. The minimum absolute atomic E-state index is 0.0885. The number of carbonyl (C=O) groups is 3. The Balaban J connectivity index is 1.79. The van der Waals surface area contributed by atoms with Gasteiger partial charge in [-0.3, -0.25) is 9.78 Å². The topological polar surface area (TPSA) is 139 Å². The minimum Gasteiger partial charge on any atom is -0.453 e. The van der Waals surface area contributed by atoms with Gasteiger partial charge < -0.3 is 30.5 Å². The maximum Gasteiger partial charge on any atom is 0.407 e. The number of aromatic nitrogens is 1. The average molecular weight is 597 g/mol. The second-order valence-electron chi connectivity index (χ2n) is 11.1. The number of alkyl carbamates (subject to hydrolysis) is 2. The monoisotopic (exact) mass is 596 g/mol. The number of thiazole rings is 1. The van der Waals surface area contributed by atoms with Gasteiger partial charge >= 0.3 is 12.2 Å². The van der Waals surface area contributed by atoms with Crippen LogP contribution in [0.25, 0.3) is 0 Å². The molecule has 0 saturated carbocycles. The lowest BCUT2D eigenvalue weighted by molar-refractivity contribution is -0.127. The van der Waals surface area contributed by atoms with Gasteiger partial charge in [-0.2, -0.15) is 0 Å². The molecule has 1 aromatic heterocycles. The highest BCUT2D eigenvalue weighted by Crippen LogP contribution is 2.21. The van der Waals surface area contributed by atoms with Crippen LogP contribution in [0, 0.1) is 5.41 Å². The number of rotatable bonds is 13. The summed E-state index contributed by atoms with van der Waals surface area (Å²) >= 11 is 1.39. The number of aliphatic hydroxyl groups is 1. The number of ether oxygens (including phenoxy) is 2. The number of amides is 3. The van der Waals surface area contributed by atoms with E-state index in [9.17, 15) is 19.5 Å². The van der Waals surface area contributed by atoms with Crippen LogP contribution in [0.15, 0.2) is 72.4 Å². The first-order valence-corrected chi connectivity index (χ1v) is 14.6. The van der Waals surface area contributed by atoms with E-state index in [0.717, 1.165) is 16.0 Å². The van der Waals surface area contributed by atoms with Crippen LogP contribution in [-0.4, -0.2) is 59.5 Å². The molecule has 3 rings (SSSR count). The molecule has 0 radical (unpaired) electrons. The van der Waals surface area contributed by atoms with E-state index in [1.807, 2.05) is 81.4 Å². The molecule has 10 nitrogen and oxygen atoms in total. The van der Waals surface area contributed by atoms with Crippen molar-refractivity contribution in [1.29, 1.82) is 0 Å². The second-order valence-corrected chi connectivity index (χ2v) is 12.1. The number of nitrogens with one attached hydrogen (secondary N) is 3. The summed E-state index contributed by atoms with van der Waals surface area (Å²) in [6.45, 7) is 5.57. The molecule has 0 aliphatic heterocycles. The van der Waals surface area contributed by atoms with Crippen molar-refractivity contribution < 1.29 is 29.0 Å². The van der Waals surface area contributed by atoms with Crippen molar-refractivity contribution in [3.05, 3.63) is 88.4 Å². The maximum atomic E-state index is 13.5. The third-order valence-electron chi connectivity index (χ3n) is 6.67. The lowest BCUT2D eigenvalue weighted by Crippen LogP contribution is -2.58. The van der Waals surface area contributed by atoms with E-state index in [1.165, 1.54) is 18.4 Å². The summed E-state index contributed by atoms with van der Waals surface area (Å²) in [6.07, 6.45) is 0.144. The molecule has 0 spiro atoms. The lowest BCUT2D eigenvalue weighted by Gasteiger charge is -2.33. The number of hydrogen-bond acceptors (Lipinski definition) is 8. The molecule has 226 valence electrons. The molecule has 11 heteroatoms. The van der Waals surface area contributed by atoms with Crippen molar-refractivity contribution >= 4 is 29.4 Å². The average Bonchev–Trinajstić information content (AvgIpc) is 3.48. The zero-order valence-electron chi connectivity index (χ0n) is 24.4. The summed E-state index contributed by atoms with van der Waals surface area (Å²) < 4.78 is 10.1. The van der Waals surface area contributed by atoms with E-state index in [0.29, 0.717) is 12.8 Å². The molecule has 0 aliphatic carbocycles. The highest BCUT2D eigenvalue weighted by Gasteiger charge is 2.36. The van der Waals surface area contributed by atoms with Crippen molar-refractivity contribution in [3.8, 4) is 0 Å². The molecule has 0 bridgehead atoms. The normalized spacial score (nSPS) is 14.1. The second kappa shape index (κ2) is 15.9. The van der Waals surface area contributed by atoms with Crippen molar-refractivity contribution in [3.63, 3.8) is 0 Å². The van der Waals surface area contributed by atoms with E-state index in [-0.39, 0.29) is 13.0 Å². The Morgan fingerprint density at radius 2 is 1.52 bits per heavy atom. The minimum atomic E-state index is -1.05. The van der Waals surface area contributed by atoms with Crippen LogP contribution in [0.3, 0.4) is 0 Å². The van der Waals surface area contributed by atoms with Crippen LogP contribution in [0.1, 0.15) is 43.2 Å². The van der Waals surface area contributed by atoms with Gasteiger partial charge in [0.25, 0.3) is 0 Å². The molecule has 3 aromatic rings. The first kappa shape index (κ1) is 32.6. The van der Waals surface area contributed by atoms with Crippen LogP contribution in [0.4, 0.5) is 9.59 Å².